The zero-order chi connectivity index (χ0) is 13.0. The minimum atomic E-state index is -2.42. The first-order valence-corrected chi connectivity index (χ1v) is 5.45. The van der Waals surface area contributed by atoms with E-state index in [9.17, 15) is 8.78 Å². The number of aryl methyl sites for hydroxylation is 1. The molecule has 0 aromatic carbocycles. The second-order valence-corrected chi connectivity index (χ2v) is 3.69. The number of halogens is 2. The maximum Gasteiger partial charge on any atom is 0.261 e. The highest BCUT2D eigenvalue weighted by molar-refractivity contribution is 5.80. The number of rotatable bonds is 6. The Morgan fingerprint density at radius 1 is 1.33 bits per heavy atom. The molecule has 2 N–H and O–H groups in total. The predicted molar refractivity (Wildman–Crippen MR) is 61.2 cm³/mol. The number of ether oxygens (including phenoxy) is 1. The summed E-state index contributed by atoms with van der Waals surface area (Å²) < 4.78 is 30.2. The molecule has 2 aromatic heterocycles. The maximum absolute atomic E-state index is 11.8. The van der Waals surface area contributed by atoms with Gasteiger partial charge in [-0.2, -0.15) is 0 Å². The number of nitrogens with two attached hydrogens (primary N) is 1. The van der Waals surface area contributed by atoms with Crippen LogP contribution in [0.3, 0.4) is 0 Å². The molecular weight excluding hydrogens is 244 g/mol. The van der Waals surface area contributed by atoms with Gasteiger partial charge in [0.25, 0.3) is 6.43 Å². The van der Waals surface area contributed by atoms with Gasteiger partial charge in [0, 0.05) is 13.2 Å². The molecule has 0 spiro atoms. The van der Waals surface area contributed by atoms with Crippen LogP contribution in [-0.4, -0.2) is 39.2 Å². The highest BCUT2D eigenvalue weighted by Crippen LogP contribution is 2.14. The van der Waals surface area contributed by atoms with E-state index >= 15 is 0 Å². The summed E-state index contributed by atoms with van der Waals surface area (Å²) >= 11 is 0. The number of imidazole rings is 1. The fourth-order valence-electron chi connectivity index (χ4n) is 1.57. The van der Waals surface area contributed by atoms with Crippen LogP contribution in [0.4, 0.5) is 14.6 Å². The predicted octanol–water partition coefficient (Wildman–Crippen LogP) is 1.08. The molecule has 98 valence electrons. The van der Waals surface area contributed by atoms with Crippen LogP contribution in [0.25, 0.3) is 11.2 Å². The van der Waals surface area contributed by atoms with Crippen LogP contribution in [0.1, 0.15) is 6.42 Å². The fraction of sp³-hybridized carbons (Fsp3) is 0.500. The smallest absolute Gasteiger partial charge is 0.261 e. The van der Waals surface area contributed by atoms with Crippen LogP contribution in [0.5, 0.6) is 0 Å². The van der Waals surface area contributed by atoms with Gasteiger partial charge in [-0.05, 0) is 6.42 Å². The Hall–Kier alpha value is -1.83. The van der Waals surface area contributed by atoms with Gasteiger partial charge in [-0.25, -0.2) is 23.7 Å². The van der Waals surface area contributed by atoms with E-state index in [0.717, 1.165) is 0 Å². The Bertz CT molecular complexity index is 516. The van der Waals surface area contributed by atoms with Crippen LogP contribution in [0, 0.1) is 0 Å². The summed E-state index contributed by atoms with van der Waals surface area (Å²) in [5.74, 6) is 0.327. The highest BCUT2D eigenvalue weighted by Gasteiger charge is 2.07. The van der Waals surface area contributed by atoms with E-state index in [1.807, 2.05) is 0 Å². The van der Waals surface area contributed by atoms with Crippen LogP contribution in [-0.2, 0) is 11.3 Å². The Morgan fingerprint density at radius 3 is 2.94 bits per heavy atom. The van der Waals surface area contributed by atoms with Crippen LogP contribution in [0.15, 0.2) is 12.7 Å². The first-order chi connectivity index (χ1) is 8.68. The van der Waals surface area contributed by atoms with E-state index in [1.54, 1.807) is 10.9 Å². The van der Waals surface area contributed by atoms with Gasteiger partial charge in [-0.1, -0.05) is 0 Å². The van der Waals surface area contributed by atoms with Gasteiger partial charge in [0.15, 0.2) is 11.5 Å². The first kappa shape index (κ1) is 12.6. The van der Waals surface area contributed by atoms with E-state index in [2.05, 4.69) is 15.0 Å². The first-order valence-electron chi connectivity index (χ1n) is 5.45. The molecule has 0 aliphatic heterocycles. The monoisotopic (exact) mass is 257 g/mol. The molecule has 8 heteroatoms. The van der Waals surface area contributed by atoms with E-state index in [1.165, 1.54) is 6.33 Å². The molecule has 6 nitrogen and oxygen atoms in total. The molecule has 0 aliphatic rings. The molecule has 0 unspecified atom stereocenters. The van der Waals surface area contributed by atoms with Crippen LogP contribution < -0.4 is 5.73 Å². The topological polar surface area (TPSA) is 78.9 Å². The third kappa shape index (κ3) is 2.89. The molecule has 0 saturated heterocycles. The number of nitrogens with zero attached hydrogens (tertiary/aromatic N) is 4. The summed E-state index contributed by atoms with van der Waals surface area (Å²) in [6.07, 6.45) is 1.14. The number of fused-ring (bicyclic) bond motifs is 1. The SMILES string of the molecule is Nc1ncnc2c1ncn2CCCOCC(F)F. The van der Waals surface area contributed by atoms with E-state index < -0.39 is 13.0 Å². The molecule has 0 radical (unpaired) electrons. The molecule has 18 heavy (non-hydrogen) atoms. The van der Waals surface area contributed by atoms with Gasteiger partial charge >= 0.3 is 0 Å². The third-order valence-electron chi connectivity index (χ3n) is 2.36. The lowest BCUT2D eigenvalue weighted by Crippen LogP contribution is -2.08. The van der Waals surface area contributed by atoms with Crippen molar-refractivity contribution in [1.29, 1.82) is 0 Å². The highest BCUT2D eigenvalue weighted by atomic mass is 19.3. The molecule has 0 atom stereocenters. The lowest BCUT2D eigenvalue weighted by molar-refractivity contribution is 0.0158. The molecule has 2 rings (SSSR count). The normalized spacial score (nSPS) is 11.5. The Kier molecular flexibility index (Phi) is 3.98. The minimum Gasteiger partial charge on any atom is -0.382 e. The lowest BCUT2D eigenvalue weighted by atomic mass is 10.4. The van der Waals surface area contributed by atoms with Crippen molar-refractivity contribution >= 4 is 17.0 Å². The molecule has 0 saturated carbocycles. The summed E-state index contributed by atoms with van der Waals surface area (Å²) in [6.45, 7) is 0.320. The minimum absolute atomic E-state index is 0.268. The van der Waals surface area contributed by atoms with Crippen molar-refractivity contribution in [2.24, 2.45) is 0 Å². The second kappa shape index (κ2) is 5.67. The molecule has 0 fully saturated rings. The Morgan fingerprint density at radius 2 is 2.17 bits per heavy atom. The van der Waals surface area contributed by atoms with Crippen molar-refractivity contribution in [3.8, 4) is 0 Å². The van der Waals surface area contributed by atoms with Crippen molar-refractivity contribution in [3.63, 3.8) is 0 Å². The van der Waals surface area contributed by atoms with Crippen molar-refractivity contribution in [2.45, 2.75) is 19.4 Å². The van der Waals surface area contributed by atoms with Crippen LogP contribution in [0.2, 0.25) is 0 Å². The average Bonchev–Trinajstić information content (AvgIpc) is 2.73. The summed E-state index contributed by atoms with van der Waals surface area (Å²) in [4.78, 5) is 12.0. The van der Waals surface area contributed by atoms with Gasteiger partial charge in [-0.15, -0.1) is 0 Å². The van der Waals surface area contributed by atoms with Crippen molar-refractivity contribution < 1.29 is 13.5 Å². The van der Waals surface area contributed by atoms with Gasteiger partial charge in [0.05, 0.1) is 6.33 Å². The van der Waals surface area contributed by atoms with E-state index in [0.29, 0.717) is 29.9 Å². The van der Waals surface area contributed by atoms with Gasteiger partial charge in [-0.3, -0.25) is 0 Å². The zero-order valence-electron chi connectivity index (χ0n) is 9.59. The maximum atomic E-state index is 11.8. The molecule has 0 bridgehead atoms. The number of hydrogen-bond donors (Lipinski definition) is 1. The number of aromatic nitrogens is 4. The largest absolute Gasteiger partial charge is 0.382 e. The summed E-state index contributed by atoms with van der Waals surface area (Å²) in [6, 6.07) is 0. The number of hydrogen-bond acceptors (Lipinski definition) is 5. The Balaban J connectivity index is 1.90. The number of alkyl halides is 2. The standard InChI is InChI=1S/C10H13F2N5O/c11-7(12)4-18-3-1-2-17-6-16-8-9(13)14-5-15-10(8)17/h5-7H,1-4H2,(H2,13,14,15). The zero-order valence-corrected chi connectivity index (χ0v) is 9.59. The van der Waals surface area contributed by atoms with Gasteiger partial charge < -0.3 is 15.0 Å². The van der Waals surface area contributed by atoms with E-state index in [-0.39, 0.29) is 6.61 Å². The summed E-state index contributed by atoms with van der Waals surface area (Å²) in [5.41, 5.74) is 6.83. The summed E-state index contributed by atoms with van der Waals surface area (Å²) in [5, 5.41) is 0. The quantitative estimate of drug-likeness (QED) is 0.783. The van der Waals surface area contributed by atoms with Crippen molar-refractivity contribution in [3.05, 3.63) is 12.7 Å². The molecular formula is C10H13F2N5O. The molecule has 2 aromatic rings. The van der Waals surface area contributed by atoms with E-state index in [4.69, 9.17) is 10.5 Å². The number of anilines is 1. The van der Waals surface area contributed by atoms with Crippen LogP contribution >= 0.6 is 0 Å². The average molecular weight is 257 g/mol. The lowest BCUT2D eigenvalue weighted by Gasteiger charge is -2.05. The molecule has 2 heterocycles. The summed E-state index contributed by atoms with van der Waals surface area (Å²) in [7, 11) is 0. The number of nitrogen functional groups attached to an aromatic ring is 1. The Labute approximate surface area is 102 Å². The molecule has 0 aliphatic carbocycles. The van der Waals surface area contributed by atoms with Crippen molar-refractivity contribution in [2.75, 3.05) is 18.9 Å². The van der Waals surface area contributed by atoms with Crippen molar-refractivity contribution in [1.82, 2.24) is 19.5 Å². The second-order valence-electron chi connectivity index (χ2n) is 3.69. The van der Waals surface area contributed by atoms with Gasteiger partial charge in [0.2, 0.25) is 0 Å². The molecule has 0 amide bonds. The fourth-order valence-corrected chi connectivity index (χ4v) is 1.57. The third-order valence-corrected chi connectivity index (χ3v) is 2.36. The van der Waals surface area contributed by atoms with Gasteiger partial charge in [0.1, 0.15) is 18.5 Å².